The molecule has 0 atom stereocenters. The Balaban J connectivity index is 1.72. The molecule has 25 heavy (non-hydrogen) atoms. The van der Waals surface area contributed by atoms with E-state index in [4.69, 9.17) is 9.73 Å². The van der Waals surface area contributed by atoms with Crippen molar-refractivity contribution in [3.63, 3.8) is 0 Å². The summed E-state index contributed by atoms with van der Waals surface area (Å²) >= 11 is 0. The third kappa shape index (κ3) is 3.25. The van der Waals surface area contributed by atoms with Crippen LogP contribution in [0.1, 0.15) is 16.7 Å². The van der Waals surface area contributed by atoms with Crippen LogP contribution < -0.4 is 0 Å². The molecule has 0 aliphatic carbocycles. The van der Waals surface area contributed by atoms with Gasteiger partial charge in [-0.2, -0.15) is 0 Å². The van der Waals surface area contributed by atoms with Crippen LogP contribution in [0.2, 0.25) is 0 Å². The largest absolute Gasteiger partial charge is 0.380 e. The number of rotatable bonds is 4. The molecule has 0 saturated carbocycles. The Hall–Kier alpha value is -2.75. The quantitative estimate of drug-likeness (QED) is 0.733. The molecular weight excluding hydrogens is 310 g/mol. The Kier molecular flexibility index (Phi) is 4.18. The normalized spacial score (nSPS) is 15.2. The first-order valence-corrected chi connectivity index (χ1v) is 8.35. The molecule has 0 radical (unpaired) electrons. The topological polar surface area (TPSA) is 41.8 Å². The lowest BCUT2D eigenvalue weighted by Gasteiger charge is -2.36. The first-order chi connectivity index (χ1) is 12.2. The standard InChI is InChI=1S/C22H19NO2/c24-22(15-25-16-22)19-11-13-20(14-12-19)23-21(17-7-3-1-4-8-17)18-9-5-2-6-10-18/h1-14,24H,15-16H2. The number of ether oxygens (including phenoxy) is 1. The molecule has 3 nitrogen and oxygen atoms in total. The molecule has 0 spiro atoms. The Morgan fingerprint density at radius 3 is 1.72 bits per heavy atom. The van der Waals surface area contributed by atoms with Crippen molar-refractivity contribution in [2.75, 3.05) is 13.2 Å². The summed E-state index contributed by atoms with van der Waals surface area (Å²) < 4.78 is 5.13. The summed E-state index contributed by atoms with van der Waals surface area (Å²) in [6.07, 6.45) is 0. The molecule has 1 aliphatic rings. The highest BCUT2D eigenvalue weighted by molar-refractivity contribution is 6.13. The van der Waals surface area contributed by atoms with Crippen molar-refractivity contribution in [3.05, 3.63) is 102 Å². The summed E-state index contributed by atoms with van der Waals surface area (Å²) in [7, 11) is 0. The Bertz CT molecular complexity index is 825. The van der Waals surface area contributed by atoms with Crippen LogP contribution in [-0.2, 0) is 10.3 Å². The summed E-state index contributed by atoms with van der Waals surface area (Å²) in [6, 6.07) is 28.1. The third-order valence-electron chi connectivity index (χ3n) is 4.42. The van der Waals surface area contributed by atoms with E-state index in [1.807, 2.05) is 60.7 Å². The zero-order valence-corrected chi connectivity index (χ0v) is 13.8. The van der Waals surface area contributed by atoms with Gasteiger partial charge in [-0.1, -0.05) is 72.8 Å². The molecule has 1 aliphatic heterocycles. The van der Waals surface area contributed by atoms with Gasteiger partial charge in [-0.25, -0.2) is 4.99 Å². The number of hydrogen-bond donors (Lipinski definition) is 1. The SMILES string of the molecule is OC1(c2ccc(N=C(c3ccccc3)c3ccccc3)cc2)COC1. The van der Waals surface area contributed by atoms with E-state index in [1.165, 1.54) is 0 Å². The van der Waals surface area contributed by atoms with Gasteiger partial charge in [0.15, 0.2) is 0 Å². The fraction of sp³-hybridized carbons (Fsp3) is 0.136. The average molecular weight is 329 g/mol. The monoisotopic (exact) mass is 329 g/mol. The fourth-order valence-corrected chi connectivity index (χ4v) is 2.93. The van der Waals surface area contributed by atoms with E-state index in [2.05, 4.69) is 24.3 Å². The van der Waals surface area contributed by atoms with E-state index >= 15 is 0 Å². The first kappa shape index (κ1) is 15.8. The molecule has 4 rings (SSSR count). The van der Waals surface area contributed by atoms with Gasteiger partial charge in [-0.15, -0.1) is 0 Å². The van der Waals surface area contributed by atoms with Crippen molar-refractivity contribution in [1.82, 2.24) is 0 Å². The highest BCUT2D eigenvalue weighted by atomic mass is 16.5. The zero-order valence-electron chi connectivity index (χ0n) is 13.8. The number of aliphatic hydroxyl groups is 1. The number of nitrogens with zero attached hydrogens (tertiary/aromatic N) is 1. The maximum Gasteiger partial charge on any atom is 0.136 e. The van der Waals surface area contributed by atoms with Crippen LogP contribution in [0, 0.1) is 0 Å². The van der Waals surface area contributed by atoms with Gasteiger partial charge >= 0.3 is 0 Å². The van der Waals surface area contributed by atoms with Crippen LogP contribution in [0.25, 0.3) is 0 Å². The van der Waals surface area contributed by atoms with E-state index in [0.29, 0.717) is 13.2 Å². The number of aliphatic imine (C=N–C) groups is 1. The molecule has 0 amide bonds. The molecule has 0 bridgehead atoms. The predicted molar refractivity (Wildman–Crippen MR) is 99.3 cm³/mol. The first-order valence-electron chi connectivity index (χ1n) is 8.35. The average Bonchev–Trinajstić information content (AvgIpc) is 2.66. The van der Waals surface area contributed by atoms with Crippen molar-refractivity contribution in [2.45, 2.75) is 5.60 Å². The van der Waals surface area contributed by atoms with Crippen molar-refractivity contribution >= 4 is 11.4 Å². The lowest BCUT2D eigenvalue weighted by molar-refractivity contribution is -0.184. The van der Waals surface area contributed by atoms with Gasteiger partial charge in [0, 0.05) is 11.1 Å². The molecule has 3 aromatic carbocycles. The summed E-state index contributed by atoms with van der Waals surface area (Å²) in [4.78, 5) is 4.87. The van der Waals surface area contributed by atoms with E-state index < -0.39 is 5.60 Å². The van der Waals surface area contributed by atoms with Crippen molar-refractivity contribution < 1.29 is 9.84 Å². The molecule has 3 aromatic rings. The van der Waals surface area contributed by atoms with Gasteiger partial charge in [0.05, 0.1) is 24.6 Å². The summed E-state index contributed by atoms with van der Waals surface area (Å²) in [5.41, 5.74) is 3.96. The highest BCUT2D eigenvalue weighted by Crippen LogP contribution is 2.30. The van der Waals surface area contributed by atoms with Crippen LogP contribution in [0.5, 0.6) is 0 Å². The van der Waals surface area contributed by atoms with Crippen molar-refractivity contribution in [2.24, 2.45) is 4.99 Å². The molecule has 124 valence electrons. The molecule has 1 fully saturated rings. The fourth-order valence-electron chi connectivity index (χ4n) is 2.93. The highest BCUT2D eigenvalue weighted by Gasteiger charge is 2.37. The van der Waals surface area contributed by atoms with Crippen LogP contribution in [0.3, 0.4) is 0 Å². The van der Waals surface area contributed by atoms with Gasteiger partial charge in [0.25, 0.3) is 0 Å². The molecule has 1 heterocycles. The molecule has 1 saturated heterocycles. The maximum atomic E-state index is 10.3. The van der Waals surface area contributed by atoms with Crippen LogP contribution in [-0.4, -0.2) is 24.0 Å². The summed E-state index contributed by atoms with van der Waals surface area (Å²) in [6.45, 7) is 0.712. The minimum atomic E-state index is -0.843. The maximum absolute atomic E-state index is 10.3. The minimum Gasteiger partial charge on any atom is -0.380 e. The molecule has 3 heteroatoms. The van der Waals surface area contributed by atoms with Gasteiger partial charge in [-0.05, 0) is 17.7 Å². The van der Waals surface area contributed by atoms with Crippen LogP contribution in [0.4, 0.5) is 5.69 Å². The predicted octanol–water partition coefficient (Wildman–Crippen LogP) is 4.07. The second kappa shape index (κ2) is 6.63. The van der Waals surface area contributed by atoms with E-state index in [-0.39, 0.29) is 0 Å². The summed E-state index contributed by atoms with van der Waals surface area (Å²) in [5, 5.41) is 10.3. The molecule has 0 unspecified atom stereocenters. The van der Waals surface area contributed by atoms with Crippen molar-refractivity contribution in [1.29, 1.82) is 0 Å². The Morgan fingerprint density at radius 2 is 1.28 bits per heavy atom. The number of benzene rings is 3. The minimum absolute atomic E-state index is 0.356. The van der Waals surface area contributed by atoms with Gasteiger partial charge in [0.2, 0.25) is 0 Å². The molecule has 0 aromatic heterocycles. The lowest BCUT2D eigenvalue weighted by Crippen LogP contribution is -2.46. The smallest absolute Gasteiger partial charge is 0.136 e. The summed E-state index contributed by atoms with van der Waals surface area (Å²) in [5.74, 6) is 0. The zero-order chi connectivity index (χ0) is 17.1. The number of hydrogen-bond acceptors (Lipinski definition) is 3. The van der Waals surface area contributed by atoms with E-state index in [9.17, 15) is 5.11 Å². The van der Waals surface area contributed by atoms with Crippen molar-refractivity contribution in [3.8, 4) is 0 Å². The van der Waals surface area contributed by atoms with Crippen LogP contribution >= 0.6 is 0 Å². The Labute approximate surface area is 147 Å². The Morgan fingerprint density at radius 1 is 0.760 bits per heavy atom. The van der Waals surface area contributed by atoms with Gasteiger partial charge < -0.3 is 9.84 Å². The van der Waals surface area contributed by atoms with E-state index in [0.717, 1.165) is 28.1 Å². The van der Waals surface area contributed by atoms with Gasteiger partial charge in [0.1, 0.15) is 5.60 Å². The van der Waals surface area contributed by atoms with E-state index in [1.54, 1.807) is 0 Å². The van der Waals surface area contributed by atoms with Gasteiger partial charge in [-0.3, -0.25) is 0 Å². The third-order valence-corrected chi connectivity index (χ3v) is 4.42. The second-order valence-electron chi connectivity index (χ2n) is 6.26. The molecule has 1 N–H and O–H groups in total. The second-order valence-corrected chi connectivity index (χ2v) is 6.26. The van der Waals surface area contributed by atoms with Crippen LogP contribution in [0.15, 0.2) is 89.9 Å². The molecular formula is C22H19NO2. The lowest BCUT2D eigenvalue weighted by atomic mass is 9.92.